The van der Waals surface area contributed by atoms with Crippen LogP contribution in [0.3, 0.4) is 0 Å². The first-order valence-electron chi connectivity index (χ1n) is 2.87. The van der Waals surface area contributed by atoms with Gasteiger partial charge in [0.1, 0.15) is 0 Å². The van der Waals surface area contributed by atoms with Crippen molar-refractivity contribution < 1.29 is 0 Å². The van der Waals surface area contributed by atoms with Crippen LogP contribution >= 0.6 is 0 Å². The zero-order valence-electron chi connectivity index (χ0n) is 4.57. The molecule has 0 atom stereocenters. The van der Waals surface area contributed by atoms with Gasteiger partial charge in [-0.3, -0.25) is 0 Å². The predicted molar refractivity (Wildman–Crippen MR) is 32.4 cm³/mol. The lowest BCUT2D eigenvalue weighted by atomic mass is 9.85. The van der Waals surface area contributed by atoms with Crippen molar-refractivity contribution >= 4 is 0 Å². The van der Waals surface area contributed by atoms with E-state index in [2.05, 4.69) is 17.5 Å². The van der Waals surface area contributed by atoms with Crippen LogP contribution in [-0.4, -0.2) is 0 Å². The van der Waals surface area contributed by atoms with Gasteiger partial charge >= 0.3 is 0 Å². The Kier molecular flexibility index (Phi) is 0.625. The SMILES string of the molecule is C1=C=C2CCC2=CC=1. The van der Waals surface area contributed by atoms with E-state index < -0.39 is 0 Å². The average molecular weight is 102 g/mol. The first kappa shape index (κ1) is 3.97. The Bertz CT molecular complexity index is 241. The minimum atomic E-state index is 1.21. The quantitative estimate of drug-likeness (QED) is 0.410. The molecule has 2 aliphatic carbocycles. The van der Waals surface area contributed by atoms with Gasteiger partial charge in [-0.25, -0.2) is 0 Å². The van der Waals surface area contributed by atoms with Crippen molar-refractivity contribution in [1.82, 2.24) is 0 Å². The fourth-order valence-electron chi connectivity index (χ4n) is 0.992. The molecular formula is C8H6. The summed E-state index contributed by atoms with van der Waals surface area (Å²) in [6, 6.07) is 0. The summed E-state index contributed by atoms with van der Waals surface area (Å²) in [7, 11) is 0. The lowest BCUT2D eigenvalue weighted by Crippen LogP contribution is -2.01. The Morgan fingerprint density at radius 1 is 1.38 bits per heavy atom. The van der Waals surface area contributed by atoms with E-state index in [1.54, 1.807) is 0 Å². The van der Waals surface area contributed by atoms with Crippen molar-refractivity contribution in [3.05, 3.63) is 34.8 Å². The van der Waals surface area contributed by atoms with Crippen LogP contribution in [0.5, 0.6) is 0 Å². The highest BCUT2D eigenvalue weighted by molar-refractivity contribution is 5.43. The molecule has 0 bridgehead atoms. The van der Waals surface area contributed by atoms with Crippen LogP contribution in [0.1, 0.15) is 12.8 Å². The fourth-order valence-corrected chi connectivity index (χ4v) is 0.992. The van der Waals surface area contributed by atoms with Gasteiger partial charge in [0, 0.05) is 5.57 Å². The number of allylic oxidation sites excluding steroid dienone is 4. The molecule has 2 rings (SSSR count). The highest BCUT2D eigenvalue weighted by Crippen LogP contribution is 2.32. The van der Waals surface area contributed by atoms with Crippen molar-refractivity contribution in [2.24, 2.45) is 0 Å². The summed E-state index contributed by atoms with van der Waals surface area (Å²) < 4.78 is 0. The van der Waals surface area contributed by atoms with Gasteiger partial charge in [0.25, 0.3) is 0 Å². The number of hydrogen-bond acceptors (Lipinski definition) is 0. The highest BCUT2D eigenvalue weighted by atomic mass is 14.2. The summed E-state index contributed by atoms with van der Waals surface area (Å²) in [6.07, 6.45) is 6.51. The minimum absolute atomic E-state index is 1.21. The van der Waals surface area contributed by atoms with Crippen LogP contribution in [-0.2, 0) is 0 Å². The Morgan fingerprint density at radius 2 is 2.38 bits per heavy atom. The van der Waals surface area contributed by atoms with Gasteiger partial charge in [-0.1, -0.05) is 11.5 Å². The van der Waals surface area contributed by atoms with Crippen LogP contribution in [0, 0.1) is 0 Å². The van der Waals surface area contributed by atoms with Crippen molar-refractivity contribution in [2.75, 3.05) is 0 Å². The predicted octanol–water partition coefficient (Wildman–Crippen LogP) is 1.96. The third-order valence-corrected chi connectivity index (χ3v) is 1.62. The van der Waals surface area contributed by atoms with Crippen LogP contribution in [0.2, 0.25) is 0 Å². The van der Waals surface area contributed by atoms with E-state index in [9.17, 15) is 0 Å². The smallest absolute Gasteiger partial charge is 0.00594 e. The Labute approximate surface area is 48.5 Å². The van der Waals surface area contributed by atoms with Gasteiger partial charge in [0.05, 0.1) is 0 Å². The van der Waals surface area contributed by atoms with Gasteiger partial charge in [-0.2, -0.15) is 0 Å². The number of hydrogen-bond donors (Lipinski definition) is 0. The maximum atomic E-state index is 3.06. The molecule has 0 unspecified atom stereocenters. The molecule has 8 heavy (non-hydrogen) atoms. The molecule has 0 N–H and O–H groups in total. The molecule has 0 spiro atoms. The van der Waals surface area contributed by atoms with Gasteiger partial charge < -0.3 is 0 Å². The van der Waals surface area contributed by atoms with Crippen molar-refractivity contribution in [2.45, 2.75) is 12.8 Å². The molecule has 0 nitrogen and oxygen atoms in total. The van der Waals surface area contributed by atoms with E-state index in [4.69, 9.17) is 0 Å². The lowest BCUT2D eigenvalue weighted by molar-refractivity contribution is 0.825. The van der Waals surface area contributed by atoms with Crippen molar-refractivity contribution in [1.29, 1.82) is 0 Å². The molecule has 1 fully saturated rings. The molecular weight excluding hydrogens is 96.1 g/mol. The van der Waals surface area contributed by atoms with Crippen molar-refractivity contribution in [3.8, 4) is 0 Å². The fraction of sp³-hybridized carbons (Fsp3) is 0.250. The van der Waals surface area contributed by atoms with E-state index in [1.807, 2.05) is 6.08 Å². The van der Waals surface area contributed by atoms with Gasteiger partial charge in [-0.05, 0) is 30.6 Å². The third kappa shape index (κ3) is 0.364. The molecule has 0 aromatic carbocycles. The van der Waals surface area contributed by atoms with E-state index in [-0.39, 0.29) is 0 Å². The standard InChI is InChI=1S/C8H6/c1-2-4-8-6-5-7(8)3-1/h1,3H,5-6H2. The van der Waals surface area contributed by atoms with E-state index in [1.165, 1.54) is 24.0 Å². The monoisotopic (exact) mass is 102 g/mol. The summed E-state index contributed by atoms with van der Waals surface area (Å²) in [6.45, 7) is 0. The van der Waals surface area contributed by atoms with Crippen molar-refractivity contribution in [3.63, 3.8) is 0 Å². The summed E-state index contributed by atoms with van der Waals surface area (Å²) in [5.74, 6) is 0. The maximum Gasteiger partial charge on any atom is 0.00594 e. The Balaban J connectivity index is 2.63. The molecule has 0 aromatic heterocycles. The summed E-state index contributed by atoms with van der Waals surface area (Å²) >= 11 is 0. The summed E-state index contributed by atoms with van der Waals surface area (Å²) in [5, 5.41) is 0. The van der Waals surface area contributed by atoms with E-state index in [0.29, 0.717) is 0 Å². The number of rotatable bonds is 0. The van der Waals surface area contributed by atoms with Gasteiger partial charge in [0.15, 0.2) is 0 Å². The van der Waals surface area contributed by atoms with Crippen LogP contribution in [0.25, 0.3) is 0 Å². The molecule has 0 amide bonds. The molecule has 38 valence electrons. The molecule has 0 saturated heterocycles. The molecule has 0 heterocycles. The second-order valence-corrected chi connectivity index (χ2v) is 2.11. The molecule has 1 saturated carbocycles. The highest BCUT2D eigenvalue weighted by Gasteiger charge is 2.15. The second-order valence-electron chi connectivity index (χ2n) is 2.11. The van der Waals surface area contributed by atoms with E-state index >= 15 is 0 Å². The zero-order valence-corrected chi connectivity index (χ0v) is 4.57. The largest absolute Gasteiger partial charge is 0.0699 e. The molecule has 0 radical (unpaired) electrons. The second kappa shape index (κ2) is 1.26. The normalized spacial score (nSPS) is 21.0. The zero-order chi connectivity index (χ0) is 5.40. The topological polar surface area (TPSA) is 0 Å². The Morgan fingerprint density at radius 3 is 2.75 bits per heavy atom. The minimum Gasteiger partial charge on any atom is -0.0699 e. The molecule has 0 aromatic rings. The van der Waals surface area contributed by atoms with Crippen LogP contribution in [0.15, 0.2) is 34.8 Å². The van der Waals surface area contributed by atoms with Gasteiger partial charge in [0.2, 0.25) is 0 Å². The maximum absolute atomic E-state index is 3.06. The summed E-state index contributed by atoms with van der Waals surface area (Å²) in [4.78, 5) is 0. The summed E-state index contributed by atoms with van der Waals surface area (Å²) in [5.41, 5.74) is 8.82. The Hall–Kier alpha value is -0.960. The average Bonchev–Trinajstić information content (AvgIpc) is 1.72. The van der Waals surface area contributed by atoms with Gasteiger partial charge in [-0.15, -0.1) is 0 Å². The van der Waals surface area contributed by atoms with Crippen LogP contribution < -0.4 is 0 Å². The first-order valence-corrected chi connectivity index (χ1v) is 2.87. The third-order valence-electron chi connectivity index (χ3n) is 1.62. The van der Waals surface area contributed by atoms with E-state index in [0.717, 1.165) is 0 Å². The van der Waals surface area contributed by atoms with Crippen LogP contribution in [0.4, 0.5) is 0 Å². The first-order chi connectivity index (χ1) is 3.97. The molecule has 0 aliphatic heterocycles. The molecule has 2 aliphatic rings. The number of fused-ring (bicyclic) bond motifs is 1. The molecule has 0 heteroatoms. The lowest BCUT2D eigenvalue weighted by Gasteiger charge is -2.18.